The van der Waals surface area contributed by atoms with Crippen LogP contribution in [0, 0.1) is 13.8 Å². The molecular weight excluding hydrogens is 434 g/mol. The van der Waals surface area contributed by atoms with E-state index >= 15 is 0 Å². The normalized spacial score (nSPS) is 11.5. The van der Waals surface area contributed by atoms with Gasteiger partial charge in [0.2, 0.25) is 0 Å². The maximum Gasteiger partial charge on any atom is 0.340 e. The van der Waals surface area contributed by atoms with E-state index in [2.05, 4.69) is 15.9 Å². The number of rotatable bonds is 3. The van der Waals surface area contributed by atoms with Crippen LogP contribution in [-0.4, -0.2) is 8.42 Å². The van der Waals surface area contributed by atoms with E-state index in [-0.39, 0.29) is 25.2 Å². The molecule has 0 aromatic heterocycles. The van der Waals surface area contributed by atoms with E-state index in [9.17, 15) is 8.42 Å². The predicted octanol–water partition coefficient (Wildman–Crippen LogP) is 5.79. The summed E-state index contributed by atoms with van der Waals surface area (Å²) in [7, 11) is -4.06. The fourth-order valence-corrected chi connectivity index (χ4v) is 4.39. The van der Waals surface area contributed by atoms with Crippen LogP contribution in [-0.2, 0) is 10.1 Å². The highest BCUT2D eigenvalue weighted by Crippen LogP contribution is 2.34. The lowest BCUT2D eigenvalue weighted by Gasteiger charge is -2.12. The maximum absolute atomic E-state index is 12.4. The standard InChI is InChI=1S/C14H10BrCl3O3S/c1-7-3-9(4-8(2)14(7)18)21-22(19,20)13-6-12(17)11(16)5-10(13)15/h3-6H,1-2H3. The van der Waals surface area contributed by atoms with Crippen molar-refractivity contribution in [1.29, 1.82) is 0 Å². The quantitative estimate of drug-likeness (QED) is 0.444. The van der Waals surface area contributed by atoms with Gasteiger partial charge in [-0.2, -0.15) is 8.42 Å². The van der Waals surface area contributed by atoms with Gasteiger partial charge in [-0.25, -0.2) is 0 Å². The van der Waals surface area contributed by atoms with Crippen LogP contribution in [0.4, 0.5) is 0 Å². The van der Waals surface area contributed by atoms with Gasteiger partial charge in [-0.3, -0.25) is 0 Å². The molecule has 0 spiro atoms. The minimum absolute atomic E-state index is 0.104. The summed E-state index contributed by atoms with van der Waals surface area (Å²) in [6.07, 6.45) is 0. The number of halogens is 4. The molecule has 0 aliphatic rings. The molecule has 8 heteroatoms. The predicted molar refractivity (Wildman–Crippen MR) is 92.9 cm³/mol. The molecule has 0 saturated heterocycles. The second-order valence-electron chi connectivity index (χ2n) is 4.61. The molecule has 0 fully saturated rings. The summed E-state index contributed by atoms with van der Waals surface area (Å²) in [4.78, 5) is -0.104. The first-order valence-corrected chi connectivity index (χ1v) is 9.31. The zero-order valence-corrected chi connectivity index (χ0v) is 16.1. The van der Waals surface area contributed by atoms with Gasteiger partial charge in [0, 0.05) is 9.50 Å². The van der Waals surface area contributed by atoms with Gasteiger partial charge in [-0.05, 0) is 65.2 Å². The van der Waals surface area contributed by atoms with Crippen LogP contribution in [0.3, 0.4) is 0 Å². The van der Waals surface area contributed by atoms with Gasteiger partial charge in [-0.1, -0.05) is 34.8 Å². The Balaban J connectivity index is 2.47. The van der Waals surface area contributed by atoms with Crippen LogP contribution in [0.25, 0.3) is 0 Å². The molecule has 3 nitrogen and oxygen atoms in total. The fraction of sp³-hybridized carbons (Fsp3) is 0.143. The first-order valence-electron chi connectivity index (χ1n) is 5.97. The van der Waals surface area contributed by atoms with Gasteiger partial charge < -0.3 is 4.18 Å². The van der Waals surface area contributed by atoms with Crippen LogP contribution < -0.4 is 4.18 Å². The molecule has 0 radical (unpaired) electrons. The van der Waals surface area contributed by atoms with E-state index in [0.717, 1.165) is 11.1 Å². The molecular formula is C14H10BrCl3O3S. The third-order valence-corrected chi connectivity index (χ3v) is 6.39. The summed E-state index contributed by atoms with van der Waals surface area (Å²) in [6, 6.07) is 5.74. The summed E-state index contributed by atoms with van der Waals surface area (Å²) in [5.74, 6) is 0.178. The highest BCUT2D eigenvalue weighted by atomic mass is 79.9. The maximum atomic E-state index is 12.4. The van der Waals surface area contributed by atoms with Crippen LogP contribution >= 0.6 is 50.7 Å². The number of hydrogen-bond donors (Lipinski definition) is 0. The lowest BCUT2D eigenvalue weighted by Crippen LogP contribution is -2.11. The molecule has 0 N–H and O–H groups in total. The van der Waals surface area contributed by atoms with E-state index in [1.807, 2.05) is 0 Å². The van der Waals surface area contributed by atoms with Crippen molar-refractivity contribution >= 4 is 60.9 Å². The number of aryl methyl sites for hydroxylation is 2. The Hall–Kier alpha value is -0.460. The molecule has 22 heavy (non-hydrogen) atoms. The molecule has 0 aliphatic carbocycles. The molecule has 2 aromatic rings. The fourth-order valence-electron chi connectivity index (χ4n) is 1.82. The Kier molecular flexibility index (Phi) is 5.34. The smallest absolute Gasteiger partial charge is 0.340 e. The molecule has 0 unspecified atom stereocenters. The Morgan fingerprint density at radius 2 is 1.45 bits per heavy atom. The number of benzene rings is 2. The molecule has 0 saturated carbocycles. The zero-order valence-electron chi connectivity index (χ0n) is 11.5. The molecule has 0 bridgehead atoms. The minimum Gasteiger partial charge on any atom is -0.379 e. The summed E-state index contributed by atoms with van der Waals surface area (Å²) in [6.45, 7) is 3.54. The largest absolute Gasteiger partial charge is 0.379 e. The Labute approximate surface area is 152 Å². The Morgan fingerprint density at radius 3 is 2.00 bits per heavy atom. The summed E-state index contributed by atoms with van der Waals surface area (Å²) >= 11 is 20.9. The van der Waals surface area contributed by atoms with Crippen molar-refractivity contribution in [3.63, 3.8) is 0 Å². The monoisotopic (exact) mass is 442 g/mol. The zero-order chi connectivity index (χ0) is 16.7. The molecule has 0 aliphatic heterocycles. The summed E-state index contributed by atoms with van der Waals surface area (Å²) < 4.78 is 30.2. The Morgan fingerprint density at radius 1 is 0.955 bits per heavy atom. The van der Waals surface area contributed by atoms with Gasteiger partial charge in [-0.15, -0.1) is 0 Å². The molecule has 2 rings (SSSR count). The third kappa shape index (κ3) is 3.71. The van der Waals surface area contributed by atoms with Crippen molar-refractivity contribution in [2.45, 2.75) is 18.7 Å². The molecule has 118 valence electrons. The minimum atomic E-state index is -4.06. The average Bonchev–Trinajstić information content (AvgIpc) is 2.39. The van der Waals surface area contributed by atoms with E-state index in [4.69, 9.17) is 39.0 Å². The van der Waals surface area contributed by atoms with E-state index < -0.39 is 10.1 Å². The van der Waals surface area contributed by atoms with E-state index in [1.165, 1.54) is 12.1 Å². The van der Waals surface area contributed by atoms with Gasteiger partial charge in [0.25, 0.3) is 0 Å². The average molecular weight is 445 g/mol. The van der Waals surface area contributed by atoms with Gasteiger partial charge in [0.15, 0.2) is 0 Å². The summed E-state index contributed by atoms with van der Waals surface area (Å²) in [5.41, 5.74) is 1.44. The topological polar surface area (TPSA) is 43.4 Å². The first kappa shape index (κ1) is 17.9. The van der Waals surface area contributed by atoms with Crippen molar-refractivity contribution < 1.29 is 12.6 Å². The molecule has 0 amide bonds. The molecule has 2 aromatic carbocycles. The van der Waals surface area contributed by atoms with Crippen LogP contribution in [0.1, 0.15) is 11.1 Å². The van der Waals surface area contributed by atoms with E-state index in [0.29, 0.717) is 5.02 Å². The van der Waals surface area contributed by atoms with Crippen molar-refractivity contribution in [3.05, 3.63) is 54.9 Å². The second-order valence-corrected chi connectivity index (χ2v) is 8.17. The van der Waals surface area contributed by atoms with Gasteiger partial charge in [0.1, 0.15) is 10.6 Å². The van der Waals surface area contributed by atoms with Crippen LogP contribution in [0.5, 0.6) is 5.75 Å². The Bertz CT molecular complexity index is 828. The van der Waals surface area contributed by atoms with Gasteiger partial charge >= 0.3 is 10.1 Å². The first-order chi connectivity index (χ1) is 10.1. The molecule has 0 heterocycles. The van der Waals surface area contributed by atoms with Crippen molar-refractivity contribution in [2.75, 3.05) is 0 Å². The second kappa shape index (κ2) is 6.57. The van der Waals surface area contributed by atoms with E-state index in [1.54, 1.807) is 26.0 Å². The van der Waals surface area contributed by atoms with Crippen LogP contribution in [0.2, 0.25) is 15.1 Å². The highest BCUT2D eigenvalue weighted by Gasteiger charge is 2.22. The highest BCUT2D eigenvalue weighted by molar-refractivity contribution is 9.10. The third-order valence-electron chi connectivity index (χ3n) is 2.86. The van der Waals surface area contributed by atoms with Crippen molar-refractivity contribution in [3.8, 4) is 5.75 Å². The SMILES string of the molecule is Cc1cc(OS(=O)(=O)c2cc(Cl)c(Cl)cc2Br)cc(C)c1Cl. The lowest BCUT2D eigenvalue weighted by molar-refractivity contribution is 0.485. The van der Waals surface area contributed by atoms with Crippen LogP contribution in [0.15, 0.2) is 33.6 Å². The van der Waals surface area contributed by atoms with Gasteiger partial charge in [0.05, 0.1) is 10.0 Å². The van der Waals surface area contributed by atoms with Crippen molar-refractivity contribution in [1.82, 2.24) is 0 Å². The number of hydrogen-bond acceptors (Lipinski definition) is 3. The van der Waals surface area contributed by atoms with Crippen molar-refractivity contribution in [2.24, 2.45) is 0 Å². The summed E-state index contributed by atoms with van der Waals surface area (Å²) in [5, 5.41) is 0.932. The lowest BCUT2D eigenvalue weighted by atomic mass is 10.1. The molecule has 0 atom stereocenters.